The topological polar surface area (TPSA) is 64.2 Å². The fraction of sp³-hybridized carbons (Fsp3) is 0.458. The van der Waals surface area contributed by atoms with Crippen molar-refractivity contribution in [1.82, 2.24) is 5.32 Å². The highest BCUT2D eigenvalue weighted by Gasteiger charge is 2.16. The van der Waals surface area contributed by atoms with Crippen molar-refractivity contribution in [3.05, 3.63) is 59.7 Å². The summed E-state index contributed by atoms with van der Waals surface area (Å²) in [6, 6.07) is 16.7. The van der Waals surface area contributed by atoms with Gasteiger partial charge in [-0.25, -0.2) is 0 Å². The van der Waals surface area contributed by atoms with Gasteiger partial charge >= 0.3 is 0 Å². The molecule has 156 valence electrons. The molecule has 0 spiro atoms. The fourth-order valence-electron chi connectivity index (χ4n) is 3.75. The summed E-state index contributed by atoms with van der Waals surface area (Å²) in [5.74, 6) is 1.26. The van der Waals surface area contributed by atoms with Crippen LogP contribution in [0.4, 0.5) is 0 Å². The Hall–Kier alpha value is -2.53. The summed E-state index contributed by atoms with van der Waals surface area (Å²) >= 11 is 0. The lowest BCUT2D eigenvalue weighted by Gasteiger charge is -2.22. The minimum absolute atomic E-state index is 0.0239. The van der Waals surface area contributed by atoms with E-state index in [1.54, 1.807) is 0 Å². The number of carbonyl (C=O) groups excluding carboxylic acids is 1. The van der Waals surface area contributed by atoms with Crippen molar-refractivity contribution < 1.29 is 19.6 Å². The minimum Gasteiger partial charge on any atom is -0.490 e. The lowest BCUT2D eigenvalue weighted by atomic mass is 9.95. The number of carbonyl (C=O) groups is 1. The molecule has 0 saturated heterocycles. The van der Waals surface area contributed by atoms with E-state index >= 15 is 0 Å². The van der Waals surface area contributed by atoms with Crippen LogP contribution in [0, 0.1) is 0 Å². The van der Waals surface area contributed by atoms with Crippen molar-refractivity contribution in [3.63, 3.8) is 0 Å². The van der Waals surface area contributed by atoms with Crippen molar-refractivity contribution in [3.8, 4) is 11.5 Å². The molecule has 3 N–H and O–H groups in total. The van der Waals surface area contributed by atoms with Gasteiger partial charge in [0.1, 0.15) is 13.1 Å². The van der Waals surface area contributed by atoms with Crippen LogP contribution in [0.25, 0.3) is 0 Å². The Labute approximate surface area is 173 Å². The zero-order valence-corrected chi connectivity index (χ0v) is 17.4. The summed E-state index contributed by atoms with van der Waals surface area (Å²) in [4.78, 5) is 12.2. The molecule has 5 nitrogen and oxygen atoms in total. The van der Waals surface area contributed by atoms with E-state index in [1.807, 2.05) is 31.2 Å². The molecule has 1 aliphatic rings. The Kier molecular flexibility index (Phi) is 8.38. The molecule has 1 aliphatic carbocycles. The molecule has 1 saturated carbocycles. The molecular weight excluding hydrogens is 364 g/mol. The van der Waals surface area contributed by atoms with Crippen LogP contribution in [0.1, 0.15) is 50.2 Å². The van der Waals surface area contributed by atoms with Gasteiger partial charge < -0.3 is 20.1 Å². The van der Waals surface area contributed by atoms with E-state index < -0.39 is 0 Å². The Balaban J connectivity index is 1.50. The number of benzene rings is 2. The van der Waals surface area contributed by atoms with Gasteiger partial charge in [-0.3, -0.25) is 4.79 Å². The van der Waals surface area contributed by atoms with Crippen molar-refractivity contribution in [2.24, 2.45) is 0 Å². The molecule has 1 fully saturated rings. The fourth-order valence-corrected chi connectivity index (χ4v) is 3.75. The number of hydrogen-bond acceptors (Lipinski definition) is 3. The third-order valence-electron chi connectivity index (χ3n) is 5.24. The maximum absolute atomic E-state index is 12.2. The van der Waals surface area contributed by atoms with Crippen LogP contribution in [-0.2, 0) is 17.9 Å². The average molecular weight is 398 g/mol. The van der Waals surface area contributed by atoms with Gasteiger partial charge in [0.05, 0.1) is 6.61 Å². The number of quaternary nitrogens is 1. The standard InChI is InChI=1S/C24H32N2O3/c1-2-28-23-15-20(17-25-16-19-9-5-3-6-10-19)13-14-22(23)29-18-24(27)26-21-11-7-4-8-12-21/h3,5-6,9-10,13-15,21,25H,2,4,7-8,11-12,16-18H2,1H3,(H,26,27)/p+1. The highest BCUT2D eigenvalue weighted by atomic mass is 16.5. The van der Waals surface area contributed by atoms with Gasteiger partial charge in [0.25, 0.3) is 5.91 Å². The first-order valence-corrected chi connectivity index (χ1v) is 10.8. The molecule has 1 amide bonds. The second kappa shape index (κ2) is 11.5. The average Bonchev–Trinajstić information content (AvgIpc) is 2.75. The maximum Gasteiger partial charge on any atom is 0.258 e. The normalized spacial score (nSPS) is 14.4. The monoisotopic (exact) mass is 397 g/mol. The summed E-state index contributed by atoms with van der Waals surface area (Å²) in [7, 11) is 0. The predicted molar refractivity (Wildman–Crippen MR) is 114 cm³/mol. The van der Waals surface area contributed by atoms with E-state index in [4.69, 9.17) is 9.47 Å². The van der Waals surface area contributed by atoms with E-state index in [9.17, 15) is 4.79 Å². The molecule has 3 rings (SSSR count). The van der Waals surface area contributed by atoms with Crippen LogP contribution in [-0.4, -0.2) is 25.2 Å². The molecule has 0 atom stereocenters. The van der Waals surface area contributed by atoms with Crippen molar-refractivity contribution >= 4 is 5.91 Å². The lowest BCUT2D eigenvalue weighted by molar-refractivity contribution is -0.686. The molecule has 0 radical (unpaired) electrons. The number of rotatable bonds is 10. The van der Waals surface area contributed by atoms with Crippen molar-refractivity contribution in [1.29, 1.82) is 0 Å². The molecule has 2 aromatic carbocycles. The molecule has 0 bridgehead atoms. The Morgan fingerprint density at radius 1 is 0.966 bits per heavy atom. The van der Waals surface area contributed by atoms with Crippen LogP contribution in [0.5, 0.6) is 11.5 Å². The summed E-state index contributed by atoms with van der Waals surface area (Å²) in [5, 5.41) is 5.35. The Bertz CT molecular complexity index is 758. The Morgan fingerprint density at radius 3 is 2.48 bits per heavy atom. The second-order valence-electron chi connectivity index (χ2n) is 7.59. The van der Waals surface area contributed by atoms with E-state index in [2.05, 4.69) is 34.9 Å². The Morgan fingerprint density at radius 2 is 1.72 bits per heavy atom. The zero-order chi connectivity index (χ0) is 20.3. The van der Waals surface area contributed by atoms with Crippen LogP contribution in [0.15, 0.2) is 48.5 Å². The lowest BCUT2D eigenvalue weighted by Crippen LogP contribution is -2.80. The molecule has 0 unspecified atom stereocenters. The number of hydrogen-bond donors (Lipinski definition) is 2. The first-order valence-electron chi connectivity index (χ1n) is 10.8. The number of nitrogens with two attached hydrogens (primary N) is 1. The third-order valence-corrected chi connectivity index (χ3v) is 5.24. The summed E-state index contributed by atoms with van der Waals surface area (Å²) in [6.45, 7) is 4.33. The van der Waals surface area contributed by atoms with Gasteiger partial charge in [-0.05, 0) is 38.0 Å². The second-order valence-corrected chi connectivity index (χ2v) is 7.59. The highest BCUT2D eigenvalue weighted by molar-refractivity contribution is 5.78. The quantitative estimate of drug-likeness (QED) is 0.647. The van der Waals surface area contributed by atoms with Gasteiger partial charge in [-0.1, -0.05) is 49.6 Å². The highest BCUT2D eigenvalue weighted by Crippen LogP contribution is 2.28. The van der Waals surface area contributed by atoms with Crippen molar-refractivity contribution in [2.45, 2.75) is 58.2 Å². The zero-order valence-electron chi connectivity index (χ0n) is 17.4. The molecule has 5 heteroatoms. The van der Waals surface area contributed by atoms with Crippen molar-refractivity contribution in [2.75, 3.05) is 13.2 Å². The molecular formula is C24H33N2O3+. The first-order chi connectivity index (χ1) is 14.2. The van der Waals surface area contributed by atoms with E-state index in [0.29, 0.717) is 24.1 Å². The SMILES string of the molecule is CCOc1cc(C[NH2+]Cc2ccccc2)ccc1OCC(=O)NC1CCCCC1. The van der Waals surface area contributed by atoms with E-state index in [-0.39, 0.29) is 12.5 Å². The van der Waals surface area contributed by atoms with Crippen LogP contribution >= 0.6 is 0 Å². The minimum atomic E-state index is -0.0559. The predicted octanol–water partition coefficient (Wildman–Crippen LogP) is 3.18. The molecule has 2 aromatic rings. The largest absolute Gasteiger partial charge is 0.490 e. The number of ether oxygens (including phenoxy) is 2. The molecule has 0 aliphatic heterocycles. The maximum atomic E-state index is 12.2. The molecule has 29 heavy (non-hydrogen) atoms. The first kappa shape index (κ1) is 21.2. The van der Waals surface area contributed by atoms with Crippen LogP contribution < -0.4 is 20.1 Å². The van der Waals surface area contributed by atoms with E-state index in [1.165, 1.54) is 30.4 Å². The summed E-state index contributed by atoms with van der Waals surface area (Å²) in [5.41, 5.74) is 2.48. The molecule has 0 aromatic heterocycles. The summed E-state index contributed by atoms with van der Waals surface area (Å²) in [6.07, 6.45) is 5.82. The van der Waals surface area contributed by atoms with Crippen LogP contribution in [0.2, 0.25) is 0 Å². The smallest absolute Gasteiger partial charge is 0.258 e. The molecule has 0 heterocycles. The van der Waals surface area contributed by atoms with Gasteiger partial charge in [0, 0.05) is 17.2 Å². The van der Waals surface area contributed by atoms with Gasteiger partial charge in [0.15, 0.2) is 18.1 Å². The van der Waals surface area contributed by atoms with Gasteiger partial charge in [-0.15, -0.1) is 0 Å². The van der Waals surface area contributed by atoms with Gasteiger partial charge in [0.2, 0.25) is 0 Å². The van der Waals surface area contributed by atoms with Gasteiger partial charge in [-0.2, -0.15) is 0 Å². The number of amides is 1. The third kappa shape index (κ3) is 7.09. The van der Waals surface area contributed by atoms with E-state index in [0.717, 1.165) is 25.9 Å². The summed E-state index contributed by atoms with van der Waals surface area (Å²) < 4.78 is 11.5. The number of nitrogens with one attached hydrogen (secondary N) is 1. The van der Waals surface area contributed by atoms with Crippen LogP contribution in [0.3, 0.4) is 0 Å².